The van der Waals surface area contributed by atoms with Crippen LogP contribution in [0.15, 0.2) is 24.4 Å². The monoisotopic (exact) mass is 217 g/mol. The summed E-state index contributed by atoms with van der Waals surface area (Å²) in [5.74, 6) is 0. The first-order valence-electron chi connectivity index (χ1n) is 5.84. The maximum Gasteiger partial charge on any atom is 0.0485 e. The van der Waals surface area contributed by atoms with Crippen LogP contribution in [0.2, 0.25) is 0 Å². The van der Waals surface area contributed by atoms with Crippen molar-refractivity contribution in [2.24, 2.45) is 0 Å². The average molecular weight is 217 g/mol. The average Bonchev–Trinajstić information content (AvgIpc) is 2.64. The quantitative estimate of drug-likeness (QED) is 0.772. The highest BCUT2D eigenvalue weighted by atomic mass is 15.0. The second kappa shape index (κ2) is 4.58. The minimum Gasteiger partial charge on any atom is -0.399 e. The van der Waals surface area contributed by atoms with Crippen molar-refractivity contribution < 1.29 is 0 Å². The van der Waals surface area contributed by atoms with Crippen LogP contribution in [-0.2, 0) is 13.1 Å². The van der Waals surface area contributed by atoms with Crippen LogP contribution in [0, 0.1) is 0 Å². The molecular formula is C13H19N3. The van der Waals surface area contributed by atoms with Gasteiger partial charge in [-0.15, -0.1) is 0 Å². The number of benzene rings is 1. The lowest BCUT2D eigenvalue weighted by Crippen LogP contribution is -2.11. The second-order valence-electron chi connectivity index (χ2n) is 4.00. The minimum absolute atomic E-state index is 0.833. The summed E-state index contributed by atoms with van der Waals surface area (Å²) in [6, 6.07) is 6.13. The van der Waals surface area contributed by atoms with Crippen molar-refractivity contribution >= 4 is 16.6 Å². The number of hydrogen-bond donors (Lipinski definition) is 2. The van der Waals surface area contributed by atoms with E-state index in [2.05, 4.69) is 42.1 Å². The van der Waals surface area contributed by atoms with Crippen molar-refractivity contribution in [3.63, 3.8) is 0 Å². The lowest BCUT2D eigenvalue weighted by Gasteiger charge is -2.01. The molecule has 0 aliphatic heterocycles. The SMILES string of the molecule is CCNCc1cn(CC)c2ccc(N)cc12. The molecule has 0 unspecified atom stereocenters. The van der Waals surface area contributed by atoms with E-state index in [-0.39, 0.29) is 0 Å². The molecule has 1 aromatic carbocycles. The first-order chi connectivity index (χ1) is 7.76. The summed E-state index contributed by atoms with van der Waals surface area (Å²) in [6.45, 7) is 7.16. The zero-order valence-electron chi connectivity index (χ0n) is 9.96. The fourth-order valence-electron chi connectivity index (χ4n) is 2.05. The van der Waals surface area contributed by atoms with Gasteiger partial charge in [-0.05, 0) is 37.2 Å². The number of nitrogens with two attached hydrogens (primary N) is 1. The number of nitrogens with one attached hydrogen (secondary N) is 1. The molecule has 86 valence electrons. The van der Waals surface area contributed by atoms with E-state index in [9.17, 15) is 0 Å². The Morgan fingerprint density at radius 3 is 2.81 bits per heavy atom. The zero-order chi connectivity index (χ0) is 11.5. The van der Waals surface area contributed by atoms with E-state index in [1.807, 2.05) is 6.07 Å². The molecule has 2 aromatic rings. The molecule has 0 fully saturated rings. The maximum atomic E-state index is 5.84. The van der Waals surface area contributed by atoms with Crippen LogP contribution >= 0.6 is 0 Å². The van der Waals surface area contributed by atoms with Crippen LogP contribution < -0.4 is 11.1 Å². The molecule has 0 radical (unpaired) electrons. The molecule has 3 nitrogen and oxygen atoms in total. The predicted molar refractivity (Wildman–Crippen MR) is 69.4 cm³/mol. The summed E-state index contributed by atoms with van der Waals surface area (Å²) < 4.78 is 2.27. The Morgan fingerprint density at radius 1 is 1.31 bits per heavy atom. The molecule has 0 spiro atoms. The van der Waals surface area contributed by atoms with Gasteiger partial charge < -0.3 is 15.6 Å². The van der Waals surface area contributed by atoms with Gasteiger partial charge in [-0.2, -0.15) is 0 Å². The Kier molecular flexibility index (Phi) is 3.15. The number of nitrogen functional groups attached to an aromatic ring is 1. The molecule has 1 aromatic heterocycles. The summed E-state index contributed by atoms with van der Waals surface area (Å²) in [5, 5.41) is 4.63. The molecule has 0 saturated heterocycles. The normalized spacial score (nSPS) is 11.1. The van der Waals surface area contributed by atoms with Crippen molar-refractivity contribution in [1.29, 1.82) is 0 Å². The summed E-state index contributed by atoms with van der Waals surface area (Å²) >= 11 is 0. The van der Waals surface area contributed by atoms with Crippen LogP contribution in [0.4, 0.5) is 5.69 Å². The Bertz CT molecular complexity index is 485. The molecule has 0 aliphatic carbocycles. The molecule has 0 atom stereocenters. The fourth-order valence-corrected chi connectivity index (χ4v) is 2.05. The van der Waals surface area contributed by atoms with E-state index < -0.39 is 0 Å². The van der Waals surface area contributed by atoms with Crippen LogP contribution in [0.1, 0.15) is 19.4 Å². The minimum atomic E-state index is 0.833. The first kappa shape index (κ1) is 11.0. The molecule has 0 amide bonds. The van der Waals surface area contributed by atoms with Gasteiger partial charge in [0.1, 0.15) is 0 Å². The van der Waals surface area contributed by atoms with E-state index >= 15 is 0 Å². The Hall–Kier alpha value is -1.48. The number of anilines is 1. The third-order valence-electron chi connectivity index (χ3n) is 2.89. The Morgan fingerprint density at radius 2 is 2.12 bits per heavy atom. The zero-order valence-corrected chi connectivity index (χ0v) is 9.96. The lowest BCUT2D eigenvalue weighted by molar-refractivity contribution is 0.721. The van der Waals surface area contributed by atoms with Crippen molar-refractivity contribution in [2.75, 3.05) is 12.3 Å². The smallest absolute Gasteiger partial charge is 0.0485 e. The lowest BCUT2D eigenvalue weighted by atomic mass is 10.1. The van der Waals surface area contributed by atoms with Crippen LogP contribution in [-0.4, -0.2) is 11.1 Å². The molecule has 0 saturated carbocycles. The molecule has 16 heavy (non-hydrogen) atoms. The van der Waals surface area contributed by atoms with E-state index in [0.29, 0.717) is 0 Å². The van der Waals surface area contributed by atoms with Crippen molar-refractivity contribution in [3.05, 3.63) is 30.0 Å². The highest BCUT2D eigenvalue weighted by Gasteiger charge is 2.07. The highest BCUT2D eigenvalue weighted by Crippen LogP contribution is 2.23. The molecule has 0 bridgehead atoms. The van der Waals surface area contributed by atoms with Gasteiger partial charge in [0.15, 0.2) is 0 Å². The van der Waals surface area contributed by atoms with Crippen molar-refractivity contribution in [2.45, 2.75) is 26.9 Å². The van der Waals surface area contributed by atoms with E-state index in [1.165, 1.54) is 16.5 Å². The number of aromatic nitrogens is 1. The number of rotatable bonds is 4. The summed E-state index contributed by atoms with van der Waals surface area (Å²) in [5.41, 5.74) is 9.27. The number of hydrogen-bond acceptors (Lipinski definition) is 2. The number of fused-ring (bicyclic) bond motifs is 1. The van der Waals surface area contributed by atoms with Gasteiger partial charge in [-0.25, -0.2) is 0 Å². The molecule has 3 heteroatoms. The third kappa shape index (κ3) is 1.91. The standard InChI is InChI=1S/C13H19N3/c1-3-15-8-10-9-16(4-2)13-6-5-11(14)7-12(10)13/h5-7,9,15H,3-4,8,14H2,1-2H3. The summed E-state index contributed by atoms with van der Waals surface area (Å²) in [7, 11) is 0. The van der Waals surface area contributed by atoms with Gasteiger partial charge in [0.25, 0.3) is 0 Å². The largest absolute Gasteiger partial charge is 0.399 e. The Labute approximate surface area is 96.2 Å². The molecule has 2 rings (SSSR count). The Balaban J connectivity index is 2.50. The second-order valence-corrected chi connectivity index (χ2v) is 4.00. The summed E-state index contributed by atoms with van der Waals surface area (Å²) in [4.78, 5) is 0. The van der Waals surface area contributed by atoms with Crippen LogP contribution in [0.25, 0.3) is 10.9 Å². The van der Waals surface area contributed by atoms with Crippen LogP contribution in [0.5, 0.6) is 0 Å². The van der Waals surface area contributed by atoms with Crippen LogP contribution in [0.3, 0.4) is 0 Å². The predicted octanol–water partition coefficient (Wildman–Crippen LogP) is 2.35. The van der Waals surface area contributed by atoms with E-state index in [4.69, 9.17) is 5.73 Å². The van der Waals surface area contributed by atoms with Gasteiger partial charge in [0, 0.05) is 35.9 Å². The fraction of sp³-hybridized carbons (Fsp3) is 0.385. The topological polar surface area (TPSA) is 43.0 Å². The van der Waals surface area contributed by atoms with Gasteiger partial charge in [0.05, 0.1) is 0 Å². The van der Waals surface area contributed by atoms with Gasteiger partial charge in [-0.1, -0.05) is 6.92 Å². The van der Waals surface area contributed by atoms with Crippen molar-refractivity contribution in [3.8, 4) is 0 Å². The van der Waals surface area contributed by atoms with Crippen molar-refractivity contribution in [1.82, 2.24) is 9.88 Å². The highest BCUT2D eigenvalue weighted by molar-refractivity contribution is 5.86. The molecule has 1 heterocycles. The van der Waals surface area contributed by atoms with Gasteiger partial charge in [-0.3, -0.25) is 0 Å². The first-order valence-corrected chi connectivity index (χ1v) is 5.84. The molecule has 3 N–H and O–H groups in total. The van der Waals surface area contributed by atoms with E-state index in [0.717, 1.165) is 25.3 Å². The number of aryl methyl sites for hydroxylation is 1. The maximum absolute atomic E-state index is 5.84. The summed E-state index contributed by atoms with van der Waals surface area (Å²) in [6.07, 6.45) is 2.22. The number of nitrogens with zero attached hydrogens (tertiary/aromatic N) is 1. The van der Waals surface area contributed by atoms with E-state index in [1.54, 1.807) is 0 Å². The third-order valence-corrected chi connectivity index (χ3v) is 2.89. The molecular weight excluding hydrogens is 198 g/mol. The molecule has 0 aliphatic rings. The van der Waals surface area contributed by atoms with Gasteiger partial charge in [0.2, 0.25) is 0 Å². The van der Waals surface area contributed by atoms with Gasteiger partial charge >= 0.3 is 0 Å².